The first kappa shape index (κ1) is 15.3. The van der Waals surface area contributed by atoms with Crippen molar-refractivity contribution in [2.75, 3.05) is 33.4 Å². The maximum absolute atomic E-state index is 11.3. The van der Waals surface area contributed by atoms with Crippen LogP contribution in [0.3, 0.4) is 0 Å². The standard InChI is InChI=1S/C17H24N2O3/c1-21-17(20)12-19-9-6-13(7-10-19)18-15-8-11-22-16-5-3-2-4-14(15)16/h2-5,13,15,18H,6-12H2,1H3/t15-/m0/s1. The van der Waals surface area contributed by atoms with Gasteiger partial charge in [0.1, 0.15) is 5.75 Å². The van der Waals surface area contributed by atoms with E-state index in [0.717, 1.165) is 44.7 Å². The minimum absolute atomic E-state index is 0.148. The van der Waals surface area contributed by atoms with Gasteiger partial charge in [0.05, 0.1) is 20.3 Å². The molecule has 5 nitrogen and oxygen atoms in total. The number of esters is 1. The number of ether oxygens (including phenoxy) is 2. The Kier molecular flexibility index (Phi) is 4.95. The summed E-state index contributed by atoms with van der Waals surface area (Å²) in [5.41, 5.74) is 1.27. The molecule has 1 aromatic rings. The highest BCUT2D eigenvalue weighted by Gasteiger charge is 2.26. The number of rotatable bonds is 4. The van der Waals surface area contributed by atoms with Gasteiger partial charge >= 0.3 is 5.97 Å². The Morgan fingerprint density at radius 1 is 1.32 bits per heavy atom. The molecule has 0 radical (unpaired) electrons. The summed E-state index contributed by atoms with van der Waals surface area (Å²) in [6, 6.07) is 9.17. The molecule has 2 heterocycles. The molecule has 1 aromatic carbocycles. The van der Waals surface area contributed by atoms with E-state index in [2.05, 4.69) is 22.3 Å². The van der Waals surface area contributed by atoms with Crippen molar-refractivity contribution in [1.82, 2.24) is 10.2 Å². The van der Waals surface area contributed by atoms with Crippen molar-refractivity contribution in [3.8, 4) is 5.75 Å². The highest BCUT2D eigenvalue weighted by Crippen LogP contribution is 2.32. The van der Waals surface area contributed by atoms with Crippen LogP contribution in [0, 0.1) is 0 Å². The fourth-order valence-corrected chi connectivity index (χ4v) is 3.30. The number of likely N-dealkylation sites (tertiary alicyclic amines) is 1. The molecule has 22 heavy (non-hydrogen) atoms. The number of para-hydroxylation sites is 1. The number of carbonyl (C=O) groups is 1. The van der Waals surface area contributed by atoms with Crippen molar-refractivity contribution in [3.63, 3.8) is 0 Å². The van der Waals surface area contributed by atoms with E-state index in [-0.39, 0.29) is 5.97 Å². The molecule has 0 amide bonds. The average molecular weight is 304 g/mol. The molecule has 0 bridgehead atoms. The molecule has 0 aliphatic carbocycles. The number of piperidine rings is 1. The minimum Gasteiger partial charge on any atom is -0.493 e. The molecule has 1 atom stereocenters. The smallest absolute Gasteiger partial charge is 0.319 e. The lowest BCUT2D eigenvalue weighted by atomic mass is 9.97. The van der Waals surface area contributed by atoms with Crippen molar-refractivity contribution in [3.05, 3.63) is 29.8 Å². The van der Waals surface area contributed by atoms with E-state index in [0.29, 0.717) is 18.6 Å². The van der Waals surface area contributed by atoms with Crippen molar-refractivity contribution < 1.29 is 14.3 Å². The molecular weight excluding hydrogens is 280 g/mol. The Labute approximate surface area is 131 Å². The van der Waals surface area contributed by atoms with Gasteiger partial charge in [0, 0.05) is 37.2 Å². The van der Waals surface area contributed by atoms with E-state index < -0.39 is 0 Å². The van der Waals surface area contributed by atoms with E-state index >= 15 is 0 Å². The maximum atomic E-state index is 11.3. The van der Waals surface area contributed by atoms with Gasteiger partial charge in [0.15, 0.2) is 0 Å². The number of hydrogen-bond acceptors (Lipinski definition) is 5. The second-order valence-electron chi connectivity index (χ2n) is 6.02. The Morgan fingerprint density at radius 3 is 2.86 bits per heavy atom. The van der Waals surface area contributed by atoms with Gasteiger partial charge in [-0.2, -0.15) is 0 Å². The quantitative estimate of drug-likeness (QED) is 0.859. The van der Waals surface area contributed by atoms with Gasteiger partial charge in [-0.05, 0) is 18.9 Å². The normalized spacial score (nSPS) is 22.7. The van der Waals surface area contributed by atoms with Crippen LogP contribution in [0.25, 0.3) is 0 Å². The van der Waals surface area contributed by atoms with E-state index in [4.69, 9.17) is 9.47 Å². The predicted molar refractivity (Wildman–Crippen MR) is 83.9 cm³/mol. The Morgan fingerprint density at radius 2 is 2.09 bits per heavy atom. The number of nitrogens with one attached hydrogen (secondary N) is 1. The summed E-state index contributed by atoms with van der Waals surface area (Å²) in [5.74, 6) is 0.860. The molecule has 1 fully saturated rings. The summed E-state index contributed by atoms with van der Waals surface area (Å²) in [5, 5.41) is 3.78. The molecule has 0 unspecified atom stereocenters. The van der Waals surface area contributed by atoms with Crippen LogP contribution in [0.1, 0.15) is 30.9 Å². The first-order valence-corrected chi connectivity index (χ1v) is 8.03. The second kappa shape index (κ2) is 7.11. The first-order chi connectivity index (χ1) is 10.8. The summed E-state index contributed by atoms with van der Waals surface area (Å²) in [7, 11) is 1.44. The van der Waals surface area contributed by atoms with Crippen LogP contribution in [0.15, 0.2) is 24.3 Å². The zero-order valence-electron chi connectivity index (χ0n) is 13.1. The third kappa shape index (κ3) is 3.59. The number of hydrogen-bond donors (Lipinski definition) is 1. The summed E-state index contributed by atoms with van der Waals surface area (Å²) in [4.78, 5) is 13.5. The highest BCUT2D eigenvalue weighted by molar-refractivity contribution is 5.71. The van der Waals surface area contributed by atoms with Gasteiger partial charge in [0.25, 0.3) is 0 Å². The van der Waals surface area contributed by atoms with E-state index in [9.17, 15) is 4.79 Å². The molecular formula is C17H24N2O3. The van der Waals surface area contributed by atoms with E-state index in [1.165, 1.54) is 12.7 Å². The molecule has 2 aliphatic heterocycles. The van der Waals surface area contributed by atoms with Crippen LogP contribution in [0.4, 0.5) is 0 Å². The average Bonchev–Trinajstić information content (AvgIpc) is 2.57. The van der Waals surface area contributed by atoms with Crippen LogP contribution in [-0.2, 0) is 9.53 Å². The molecule has 0 spiro atoms. The SMILES string of the molecule is COC(=O)CN1CCC(N[C@H]2CCOc3ccccc32)CC1. The van der Waals surface area contributed by atoms with Gasteiger partial charge in [-0.3, -0.25) is 9.69 Å². The zero-order valence-corrected chi connectivity index (χ0v) is 13.1. The molecule has 5 heteroatoms. The topological polar surface area (TPSA) is 50.8 Å². The number of nitrogens with zero attached hydrogens (tertiary/aromatic N) is 1. The first-order valence-electron chi connectivity index (χ1n) is 8.03. The van der Waals surface area contributed by atoms with E-state index in [1.54, 1.807) is 0 Å². The summed E-state index contributed by atoms with van der Waals surface area (Å²) in [6.45, 7) is 3.06. The number of benzene rings is 1. The Balaban J connectivity index is 1.52. The molecule has 2 aliphatic rings. The lowest BCUT2D eigenvalue weighted by molar-refractivity contribution is -0.142. The summed E-state index contributed by atoms with van der Waals surface area (Å²) < 4.78 is 10.4. The van der Waals surface area contributed by atoms with E-state index in [1.807, 2.05) is 12.1 Å². The van der Waals surface area contributed by atoms with Crippen molar-refractivity contribution >= 4 is 5.97 Å². The monoisotopic (exact) mass is 304 g/mol. The fraction of sp³-hybridized carbons (Fsp3) is 0.588. The van der Waals surface area contributed by atoms with Crippen molar-refractivity contribution in [1.29, 1.82) is 0 Å². The third-order valence-corrected chi connectivity index (χ3v) is 4.56. The van der Waals surface area contributed by atoms with Crippen LogP contribution in [0.2, 0.25) is 0 Å². The van der Waals surface area contributed by atoms with Gasteiger partial charge in [-0.1, -0.05) is 18.2 Å². The van der Waals surface area contributed by atoms with Gasteiger partial charge in [-0.15, -0.1) is 0 Å². The van der Waals surface area contributed by atoms with Gasteiger partial charge < -0.3 is 14.8 Å². The molecule has 0 saturated carbocycles. The van der Waals surface area contributed by atoms with Crippen molar-refractivity contribution in [2.45, 2.75) is 31.3 Å². The molecule has 0 aromatic heterocycles. The van der Waals surface area contributed by atoms with Crippen LogP contribution in [-0.4, -0.2) is 50.3 Å². The molecule has 3 rings (SSSR count). The molecule has 1 saturated heterocycles. The highest BCUT2D eigenvalue weighted by atomic mass is 16.5. The van der Waals surface area contributed by atoms with Crippen LogP contribution < -0.4 is 10.1 Å². The van der Waals surface area contributed by atoms with Crippen LogP contribution in [0.5, 0.6) is 5.75 Å². The number of carbonyl (C=O) groups excluding carboxylic acids is 1. The Hall–Kier alpha value is -1.59. The lowest BCUT2D eigenvalue weighted by Gasteiger charge is -2.35. The largest absolute Gasteiger partial charge is 0.493 e. The Bertz CT molecular complexity index is 512. The summed E-state index contributed by atoms with van der Waals surface area (Å²) in [6.07, 6.45) is 3.15. The number of fused-ring (bicyclic) bond motifs is 1. The maximum Gasteiger partial charge on any atom is 0.319 e. The molecule has 120 valence electrons. The second-order valence-corrected chi connectivity index (χ2v) is 6.02. The summed E-state index contributed by atoms with van der Waals surface area (Å²) >= 11 is 0. The lowest BCUT2D eigenvalue weighted by Crippen LogP contribution is -2.45. The van der Waals surface area contributed by atoms with Gasteiger partial charge in [0.2, 0.25) is 0 Å². The minimum atomic E-state index is -0.148. The van der Waals surface area contributed by atoms with Crippen molar-refractivity contribution in [2.24, 2.45) is 0 Å². The zero-order chi connectivity index (χ0) is 15.4. The van der Waals surface area contributed by atoms with Crippen LogP contribution >= 0.6 is 0 Å². The fourth-order valence-electron chi connectivity index (χ4n) is 3.30. The predicted octanol–water partition coefficient (Wildman–Crippen LogP) is 1.74. The third-order valence-electron chi connectivity index (χ3n) is 4.56. The molecule has 1 N–H and O–H groups in total. The van der Waals surface area contributed by atoms with Gasteiger partial charge in [-0.25, -0.2) is 0 Å². The number of methoxy groups -OCH3 is 1.